The maximum absolute atomic E-state index is 13.1. The van der Waals surface area contributed by atoms with Crippen LogP contribution in [0, 0.1) is 83.1 Å². The molecule has 0 aliphatic heterocycles. The highest BCUT2D eigenvalue weighted by Crippen LogP contribution is 2.36. The number of aryl methyl sites for hydroxylation is 6. The second-order valence-electron chi connectivity index (χ2n) is 31.1. The Kier molecular flexibility index (Phi) is 26.3. The van der Waals surface area contributed by atoms with Crippen molar-refractivity contribution in [3.8, 4) is 69.0 Å². The van der Waals surface area contributed by atoms with Gasteiger partial charge in [0.2, 0.25) is 0 Å². The van der Waals surface area contributed by atoms with Gasteiger partial charge in [-0.3, -0.25) is 55.2 Å². The molecule has 36 nitrogen and oxygen atoms in total. The minimum atomic E-state index is -2.88. The Morgan fingerprint density at radius 2 is 0.465 bits per heavy atom. The van der Waals surface area contributed by atoms with Crippen LogP contribution < -0.4 is 56.8 Å². The van der Waals surface area contributed by atoms with E-state index in [9.17, 15) is 25.3 Å². The zero-order chi connectivity index (χ0) is 124. The first-order valence-electron chi connectivity index (χ1n) is 54.8. The summed E-state index contributed by atoms with van der Waals surface area (Å²) < 4.78 is 327. The summed E-state index contributed by atoms with van der Waals surface area (Å²) in [6.45, 7) is 21.5. The third-order valence-corrected chi connectivity index (χ3v) is 27.9. The van der Waals surface area contributed by atoms with Gasteiger partial charge in [-0.05, 0) is 156 Å². The van der Waals surface area contributed by atoms with Crippen LogP contribution in [0.3, 0.4) is 0 Å². The predicted molar refractivity (Wildman–Crippen MR) is 558 cm³/mol. The third-order valence-electron chi connectivity index (χ3n) is 21.7. The van der Waals surface area contributed by atoms with E-state index >= 15 is 0 Å². The molecule has 18 aromatic rings. The molecule has 0 bridgehead atoms. The molecule has 12 heterocycles. The number of nitrogens with one attached hydrogen (secondary N) is 6. The van der Waals surface area contributed by atoms with Gasteiger partial charge in [-0.1, -0.05) is 0 Å². The van der Waals surface area contributed by atoms with Crippen molar-refractivity contribution in [1.29, 1.82) is 0 Å². The van der Waals surface area contributed by atoms with Crippen molar-refractivity contribution < 1.29 is 115 Å². The molecule has 42 heteroatoms. The van der Waals surface area contributed by atoms with Gasteiger partial charge in [-0.2, -0.15) is 0 Å². The smallest absolute Gasteiger partial charge is 0.197 e. The molecule has 18 rings (SSSR count). The number of ether oxygens (including phenoxy) is 12. The molecule has 6 atom stereocenters. The number of imidazole rings is 6. The maximum atomic E-state index is 13.1. The molecule has 6 N–H and O–H groups in total. The lowest BCUT2D eigenvalue weighted by Gasteiger charge is -2.11. The minimum absolute atomic E-state index is 0.00911. The van der Waals surface area contributed by atoms with Crippen LogP contribution in [0.2, 0.25) is 0 Å². The predicted octanol–water partition coefficient (Wildman–Crippen LogP) is 17.4. The summed E-state index contributed by atoms with van der Waals surface area (Å²) in [5.74, 6) is 4.03. The van der Waals surface area contributed by atoms with Crippen LogP contribution in [0.25, 0.3) is 66.2 Å². The van der Waals surface area contributed by atoms with E-state index in [4.69, 9.17) is 89.7 Å². The Hall–Kier alpha value is -14.5. The van der Waals surface area contributed by atoms with Crippen LogP contribution in [0.5, 0.6) is 69.0 Å². The lowest BCUT2D eigenvalue weighted by atomic mass is 10.1. The Morgan fingerprint density at radius 3 is 0.708 bits per heavy atom. The monoisotopic (exact) mass is 2090 g/mol. The largest absolute Gasteiger partial charge is 0.497 e. The molecule has 12 aromatic heterocycles. The highest BCUT2D eigenvalue weighted by molar-refractivity contribution is 7.85. The van der Waals surface area contributed by atoms with E-state index in [2.05, 4.69) is 89.7 Å². The van der Waals surface area contributed by atoms with Crippen molar-refractivity contribution in [2.75, 3.05) is 85.1 Å². The van der Waals surface area contributed by atoms with E-state index in [0.717, 1.165) is 50.3 Å². The summed E-state index contributed by atoms with van der Waals surface area (Å²) in [4.78, 5) is 67.5. The van der Waals surface area contributed by atoms with Crippen molar-refractivity contribution in [3.63, 3.8) is 0 Å². The number of nitrogens with zero attached hydrogens (tertiary/aromatic N) is 12. The molecule has 0 radical (unpaired) electrons. The van der Waals surface area contributed by atoms with Crippen LogP contribution in [0.15, 0.2) is 177 Å². The number of aromatic amines is 6. The van der Waals surface area contributed by atoms with Gasteiger partial charge in [-0.15, -0.1) is 0 Å². The van der Waals surface area contributed by atoms with Gasteiger partial charge in [0.25, 0.3) is 0 Å². The average molecular weight is 2100 g/mol. The van der Waals surface area contributed by atoms with Gasteiger partial charge in [-0.25, -0.2) is 29.9 Å². The van der Waals surface area contributed by atoms with E-state index in [1.54, 1.807) is 106 Å². The molecule has 6 aromatic carbocycles. The van der Waals surface area contributed by atoms with E-state index < -0.39 is 127 Å². The second-order valence-corrected chi connectivity index (χ2v) is 38.5. The average Bonchev–Trinajstić information content (AvgIpc) is 1.58. The number of benzene rings is 6. The summed E-state index contributed by atoms with van der Waals surface area (Å²) in [6.07, 6.45) is 9.39. The fourth-order valence-electron chi connectivity index (χ4n) is 14.4. The molecule has 0 amide bonds. The molecular weight excluding hydrogens is 1960 g/mol. The number of aromatic nitrogens is 18. The molecule has 0 aliphatic rings. The lowest BCUT2D eigenvalue weighted by Crippen LogP contribution is -2.05. The van der Waals surface area contributed by atoms with Gasteiger partial charge in [0.15, 0.2) is 30.9 Å². The summed E-state index contributed by atoms with van der Waals surface area (Å²) in [7, 11) is -6.14. The van der Waals surface area contributed by atoms with E-state index in [1.165, 1.54) is 91.6 Å². The van der Waals surface area contributed by atoms with Crippen molar-refractivity contribution in [1.82, 2.24) is 89.7 Å². The van der Waals surface area contributed by atoms with Crippen LogP contribution in [0.4, 0.5) is 0 Å². The number of pyridine rings is 6. The Labute approximate surface area is 880 Å². The lowest BCUT2D eigenvalue weighted by molar-refractivity contribution is 0.407. The van der Waals surface area contributed by atoms with Crippen molar-refractivity contribution in [3.05, 3.63) is 247 Å². The Morgan fingerprint density at radius 1 is 0.257 bits per heavy atom. The van der Waals surface area contributed by atoms with Gasteiger partial charge < -0.3 is 86.7 Å². The zero-order valence-corrected chi connectivity index (χ0v) is 86.3. The quantitative estimate of drug-likeness (QED) is 0.0243. The van der Waals surface area contributed by atoms with E-state index in [-0.39, 0.29) is 158 Å². The first kappa shape index (κ1) is 78.1. The summed E-state index contributed by atoms with van der Waals surface area (Å²) in [5.41, 5.74) is 6.81. The Bertz CT molecular complexity index is 9160. The molecule has 6 unspecified atom stereocenters. The molecule has 0 saturated heterocycles. The second kappa shape index (κ2) is 48.5. The highest BCUT2D eigenvalue weighted by atomic mass is 32.2. The molecule has 0 fully saturated rings. The SMILES string of the molecule is [2H]C([2H])([2H])Oc1ccc2nc(S(=O)C([2H])([2H])c3ncc(C)c(OC)c3C)[nH]c2c1.[2H]C([2H])([2H])Oc1ccc2nc(S(=O)Cc3ncc(C)c(OC)c3C)[nH]c2c1.[2H]C([2H])(c1ncc(C)c(OC)c1C)S(=O)c1nc2ccc(OC)cc2[nH]1.[2H]c1c(OC([2H])([2H])[2H])c([2H])c2[nH]c(S(=O)Cc3ncc(C)c(OC)c3C)nc2c1[2H].[2H]c1c(OC)c([2H])c2[nH]c(S(=O)C([2H])([2H])c3ncc(C)c(OC)c3C)nc2c1[2H].[2H]c1c(OC)c([2H])c2[nH]c(S(=O)Cc3ncc(C)c(OC)c3C)nc2c1[2H]. The van der Waals surface area contributed by atoms with Crippen molar-refractivity contribution in [2.45, 2.75) is 148 Å². The number of rotatable bonds is 30. The Balaban J connectivity index is 0.000000165. The van der Waals surface area contributed by atoms with Gasteiger partial charge in [0, 0.05) is 148 Å². The molecule has 0 spiro atoms. The minimum Gasteiger partial charge on any atom is -0.497 e. The van der Waals surface area contributed by atoms with Crippen LogP contribution in [-0.2, 0) is 99.2 Å². The number of hydrogen-bond donors (Lipinski definition) is 6. The van der Waals surface area contributed by atoms with Crippen molar-refractivity contribution in [2.24, 2.45) is 0 Å². The van der Waals surface area contributed by atoms with Crippen LogP contribution >= 0.6 is 0 Å². The molecule has 756 valence electrons. The first-order chi connectivity index (χ1) is 78.7. The number of fused-ring (bicyclic) bond motifs is 6. The van der Waals surface area contributed by atoms with Gasteiger partial charge >= 0.3 is 0 Å². The summed E-state index contributed by atoms with van der Waals surface area (Å²) in [5, 5.41) is 0.0755. The molecular formula is C102H114N18O18S6. The normalized spacial score (nSPS) is 15.3. The molecule has 0 saturated carbocycles. The maximum Gasteiger partial charge on any atom is 0.197 e. The van der Waals surface area contributed by atoms with E-state index in [1.807, 2.05) is 41.5 Å². The van der Waals surface area contributed by atoms with Crippen LogP contribution in [0.1, 0.15) is 134 Å². The molecule has 144 heavy (non-hydrogen) atoms. The highest BCUT2D eigenvalue weighted by Gasteiger charge is 2.25. The number of H-pyrrole nitrogens is 6. The summed E-state index contributed by atoms with van der Waals surface area (Å²) >= 11 is 0. The van der Waals surface area contributed by atoms with Crippen LogP contribution in [-0.4, -0.2) is 200 Å². The number of methoxy groups -OCH3 is 12. The fourth-order valence-corrected chi connectivity index (χ4v) is 20.3. The fraction of sp³-hybridized carbons (Fsp3) is 0.294. The first-order valence-corrected chi connectivity index (χ1v) is 50.2. The topological polar surface area (TPSA) is 463 Å². The van der Waals surface area contributed by atoms with Gasteiger partial charge in [0.05, 0.1) is 309 Å². The van der Waals surface area contributed by atoms with E-state index in [0.29, 0.717) is 107 Å². The van der Waals surface area contributed by atoms with Gasteiger partial charge in [0.1, 0.15) is 69.0 Å². The zero-order valence-electron chi connectivity index (χ0n) is 105. The number of hydrogen-bond acceptors (Lipinski definition) is 30. The molecule has 0 aliphatic carbocycles. The standard InChI is InChI=1S/6C17H19N3O3S/c6*1-10-8-18-15(11(2)16(10)23-4)9-24(21)17-19-13-6-5-12(22-3)7-14(13)20-17/h6*5-8H,9H2,1-4H3,(H,19,20)/i5D,6D,7D,9D2;3D3,5D,6D,7D;5D,6D,7D;3D3,9D2;9D2;3D3. The van der Waals surface area contributed by atoms with Crippen molar-refractivity contribution >= 4 is 131 Å². The summed E-state index contributed by atoms with van der Waals surface area (Å²) in [6, 6.07) is 11.4. The third kappa shape index (κ3) is 25.0.